The fourth-order valence-electron chi connectivity index (χ4n) is 2.15. The lowest BCUT2D eigenvalue weighted by Gasteiger charge is -2.09. The lowest BCUT2D eigenvalue weighted by Crippen LogP contribution is -2.10. The van der Waals surface area contributed by atoms with Crippen molar-refractivity contribution in [2.24, 2.45) is 0 Å². The molecule has 1 fully saturated rings. The van der Waals surface area contributed by atoms with E-state index in [4.69, 9.17) is 9.47 Å². The highest BCUT2D eigenvalue weighted by atomic mass is 19.1. The average Bonchev–Trinajstić information content (AvgIpc) is 2.88. The minimum absolute atomic E-state index is 0.133. The summed E-state index contributed by atoms with van der Waals surface area (Å²) in [7, 11) is 1.47. The first kappa shape index (κ1) is 13.0. The van der Waals surface area contributed by atoms with Crippen LogP contribution in [0.3, 0.4) is 0 Å². The van der Waals surface area contributed by atoms with E-state index in [2.05, 4.69) is 0 Å². The monoisotopic (exact) mass is 252 g/mol. The largest absolute Gasteiger partial charge is 0.497 e. The molecule has 1 aromatic carbocycles. The molecule has 1 heterocycles. The molecule has 1 aliphatic rings. The minimum Gasteiger partial charge on any atom is -0.497 e. The van der Waals surface area contributed by atoms with Gasteiger partial charge in [0.1, 0.15) is 11.6 Å². The van der Waals surface area contributed by atoms with Gasteiger partial charge in [-0.2, -0.15) is 0 Å². The minimum atomic E-state index is -0.522. The molecule has 0 aromatic heterocycles. The van der Waals surface area contributed by atoms with E-state index in [0.29, 0.717) is 18.6 Å². The summed E-state index contributed by atoms with van der Waals surface area (Å²) < 4.78 is 24.0. The van der Waals surface area contributed by atoms with Gasteiger partial charge in [-0.05, 0) is 31.4 Å². The number of Topliss-reactive ketones (excluding diaryl/α,β-unsaturated/α-hetero) is 1. The van der Waals surface area contributed by atoms with Gasteiger partial charge < -0.3 is 9.47 Å². The van der Waals surface area contributed by atoms with Crippen LogP contribution >= 0.6 is 0 Å². The van der Waals surface area contributed by atoms with Crippen LogP contribution in [0.5, 0.6) is 5.75 Å². The van der Waals surface area contributed by atoms with Crippen molar-refractivity contribution in [3.05, 3.63) is 29.6 Å². The van der Waals surface area contributed by atoms with Crippen LogP contribution < -0.4 is 4.74 Å². The van der Waals surface area contributed by atoms with Gasteiger partial charge in [-0.15, -0.1) is 0 Å². The molecular formula is C14H17FO3. The van der Waals surface area contributed by atoms with E-state index in [1.807, 2.05) is 0 Å². The molecule has 1 saturated heterocycles. The SMILES string of the molecule is COc1ccc(C(=O)CCC2CCCO2)c(F)c1. The standard InChI is InChI=1S/C14H17FO3/c1-17-11-4-6-12(13(15)9-11)14(16)7-5-10-3-2-8-18-10/h4,6,9-10H,2-3,5,7-8H2,1H3. The van der Waals surface area contributed by atoms with E-state index >= 15 is 0 Å². The lowest BCUT2D eigenvalue weighted by atomic mass is 10.0. The fourth-order valence-corrected chi connectivity index (χ4v) is 2.15. The van der Waals surface area contributed by atoms with Crippen molar-refractivity contribution >= 4 is 5.78 Å². The normalized spacial score (nSPS) is 18.9. The molecule has 0 amide bonds. The summed E-state index contributed by atoms with van der Waals surface area (Å²) in [4.78, 5) is 11.9. The summed E-state index contributed by atoms with van der Waals surface area (Å²) in [5.41, 5.74) is 0.133. The second-order valence-corrected chi connectivity index (χ2v) is 4.44. The maximum absolute atomic E-state index is 13.7. The number of hydrogen-bond acceptors (Lipinski definition) is 3. The first-order chi connectivity index (χ1) is 8.70. The Morgan fingerprint density at radius 3 is 3.00 bits per heavy atom. The van der Waals surface area contributed by atoms with Crippen LogP contribution in [0.15, 0.2) is 18.2 Å². The van der Waals surface area contributed by atoms with Crippen molar-refractivity contribution in [3.8, 4) is 5.75 Å². The smallest absolute Gasteiger partial charge is 0.165 e. The second-order valence-electron chi connectivity index (χ2n) is 4.44. The van der Waals surface area contributed by atoms with Gasteiger partial charge in [-0.25, -0.2) is 4.39 Å². The topological polar surface area (TPSA) is 35.5 Å². The molecule has 3 nitrogen and oxygen atoms in total. The molecule has 0 N–H and O–H groups in total. The highest BCUT2D eigenvalue weighted by Gasteiger charge is 2.18. The maximum atomic E-state index is 13.7. The third-order valence-electron chi connectivity index (χ3n) is 3.19. The first-order valence-electron chi connectivity index (χ1n) is 6.19. The van der Waals surface area contributed by atoms with E-state index in [-0.39, 0.29) is 17.5 Å². The predicted octanol–water partition coefficient (Wildman–Crippen LogP) is 2.98. The van der Waals surface area contributed by atoms with Crippen LogP contribution in [0, 0.1) is 5.82 Å². The molecule has 1 unspecified atom stereocenters. The Hall–Kier alpha value is -1.42. The Labute approximate surface area is 106 Å². The molecule has 0 spiro atoms. The second kappa shape index (κ2) is 5.96. The van der Waals surface area contributed by atoms with Crippen LogP contribution in [0.25, 0.3) is 0 Å². The highest BCUT2D eigenvalue weighted by Crippen LogP contribution is 2.21. The van der Waals surface area contributed by atoms with Gasteiger partial charge >= 0.3 is 0 Å². The Bertz CT molecular complexity index is 425. The van der Waals surface area contributed by atoms with Gasteiger partial charge in [0, 0.05) is 19.1 Å². The molecule has 0 radical (unpaired) electrons. The molecule has 4 heteroatoms. The molecule has 2 rings (SSSR count). The number of ether oxygens (including phenoxy) is 2. The van der Waals surface area contributed by atoms with Crippen LogP contribution in [0.4, 0.5) is 4.39 Å². The Kier molecular flexibility index (Phi) is 4.31. The number of methoxy groups -OCH3 is 1. The van der Waals surface area contributed by atoms with Gasteiger partial charge in [0.15, 0.2) is 5.78 Å². The first-order valence-corrected chi connectivity index (χ1v) is 6.19. The maximum Gasteiger partial charge on any atom is 0.165 e. The molecular weight excluding hydrogens is 235 g/mol. The number of carbonyl (C=O) groups excluding carboxylic acids is 1. The molecule has 18 heavy (non-hydrogen) atoms. The number of hydrogen-bond donors (Lipinski definition) is 0. The van der Waals surface area contributed by atoms with Gasteiger partial charge in [0.25, 0.3) is 0 Å². The average molecular weight is 252 g/mol. The van der Waals surface area contributed by atoms with E-state index < -0.39 is 5.82 Å². The molecule has 0 saturated carbocycles. The summed E-state index contributed by atoms with van der Waals surface area (Å²) in [5.74, 6) is -0.277. The Balaban J connectivity index is 1.95. The van der Waals surface area contributed by atoms with Crippen LogP contribution in [0.2, 0.25) is 0 Å². The third kappa shape index (κ3) is 3.07. The number of halogens is 1. The Morgan fingerprint density at radius 1 is 1.56 bits per heavy atom. The number of ketones is 1. The molecule has 1 atom stereocenters. The summed E-state index contributed by atoms with van der Waals surface area (Å²) in [6.07, 6.45) is 3.21. The van der Waals surface area contributed by atoms with Crippen LogP contribution in [-0.4, -0.2) is 25.6 Å². The molecule has 0 aliphatic carbocycles. The van der Waals surface area contributed by atoms with E-state index in [0.717, 1.165) is 19.4 Å². The van der Waals surface area contributed by atoms with E-state index in [9.17, 15) is 9.18 Å². The fraction of sp³-hybridized carbons (Fsp3) is 0.500. The van der Waals surface area contributed by atoms with Crippen molar-refractivity contribution in [1.82, 2.24) is 0 Å². The van der Waals surface area contributed by atoms with Crippen molar-refractivity contribution in [2.45, 2.75) is 31.8 Å². The molecule has 98 valence electrons. The zero-order valence-electron chi connectivity index (χ0n) is 10.4. The Morgan fingerprint density at radius 2 is 2.39 bits per heavy atom. The van der Waals surface area contributed by atoms with Crippen LogP contribution in [-0.2, 0) is 4.74 Å². The summed E-state index contributed by atoms with van der Waals surface area (Å²) >= 11 is 0. The lowest BCUT2D eigenvalue weighted by molar-refractivity contribution is 0.0856. The molecule has 0 bridgehead atoms. The van der Waals surface area contributed by atoms with Gasteiger partial charge in [0.05, 0.1) is 18.8 Å². The van der Waals surface area contributed by atoms with Gasteiger partial charge in [-0.3, -0.25) is 4.79 Å². The quantitative estimate of drug-likeness (QED) is 0.756. The van der Waals surface area contributed by atoms with Crippen molar-refractivity contribution in [1.29, 1.82) is 0 Å². The highest BCUT2D eigenvalue weighted by molar-refractivity contribution is 5.96. The predicted molar refractivity (Wildman–Crippen MR) is 65.5 cm³/mol. The molecule has 1 aromatic rings. The summed E-state index contributed by atoms with van der Waals surface area (Å²) in [6, 6.07) is 4.31. The summed E-state index contributed by atoms with van der Waals surface area (Å²) in [6.45, 7) is 0.774. The third-order valence-corrected chi connectivity index (χ3v) is 3.19. The van der Waals surface area contributed by atoms with E-state index in [1.165, 1.54) is 19.2 Å². The summed E-state index contributed by atoms with van der Waals surface area (Å²) in [5, 5.41) is 0. The van der Waals surface area contributed by atoms with Gasteiger partial charge in [0.2, 0.25) is 0 Å². The number of benzene rings is 1. The van der Waals surface area contributed by atoms with Gasteiger partial charge in [-0.1, -0.05) is 0 Å². The number of rotatable bonds is 5. The van der Waals surface area contributed by atoms with Crippen LogP contribution in [0.1, 0.15) is 36.0 Å². The number of carbonyl (C=O) groups is 1. The zero-order chi connectivity index (χ0) is 13.0. The molecule has 1 aliphatic heterocycles. The van der Waals surface area contributed by atoms with Crippen molar-refractivity contribution < 1.29 is 18.7 Å². The van der Waals surface area contributed by atoms with Crippen molar-refractivity contribution in [2.75, 3.05) is 13.7 Å². The van der Waals surface area contributed by atoms with Crippen molar-refractivity contribution in [3.63, 3.8) is 0 Å². The zero-order valence-corrected chi connectivity index (χ0v) is 10.4. The van der Waals surface area contributed by atoms with E-state index in [1.54, 1.807) is 6.07 Å².